The molecule has 0 fully saturated rings. The van der Waals surface area contributed by atoms with Crippen LogP contribution >= 0.6 is 27.5 Å². The second-order valence-corrected chi connectivity index (χ2v) is 4.24. The second kappa shape index (κ2) is 3.31. The molecule has 4 heteroatoms. The summed E-state index contributed by atoms with van der Waals surface area (Å²) in [4.78, 5) is 11.4. The molecule has 0 unspecified atom stereocenters. The monoisotopic (exact) mass is 259 g/mol. The summed E-state index contributed by atoms with van der Waals surface area (Å²) < 4.78 is 0.841. The predicted octanol–water partition coefficient (Wildman–Crippen LogP) is 2.39. The molecule has 0 radical (unpaired) electrons. The molecule has 2 nitrogen and oxygen atoms in total. The number of nitrogens with one attached hydrogen (secondary N) is 1. The first-order valence-electron chi connectivity index (χ1n) is 3.94. The van der Waals surface area contributed by atoms with E-state index in [0.717, 1.165) is 16.5 Å². The lowest BCUT2D eigenvalue weighted by Gasteiger charge is -2.17. The summed E-state index contributed by atoms with van der Waals surface area (Å²) >= 11 is 9.31. The molecule has 0 aromatic heterocycles. The SMILES string of the molecule is O=C1NCCc2c(Cl)cc(Br)cc21. The van der Waals surface area contributed by atoms with Gasteiger partial charge in [0.1, 0.15) is 0 Å². The van der Waals surface area contributed by atoms with E-state index < -0.39 is 0 Å². The Morgan fingerprint density at radius 2 is 2.23 bits per heavy atom. The van der Waals surface area contributed by atoms with Crippen LogP contribution in [-0.4, -0.2) is 12.5 Å². The van der Waals surface area contributed by atoms with Crippen LogP contribution in [0.3, 0.4) is 0 Å². The molecule has 1 aromatic rings. The Labute approximate surface area is 89.4 Å². The van der Waals surface area contributed by atoms with Gasteiger partial charge in [0, 0.05) is 21.6 Å². The molecule has 1 amide bonds. The van der Waals surface area contributed by atoms with Crippen LogP contribution < -0.4 is 5.32 Å². The summed E-state index contributed by atoms with van der Waals surface area (Å²) in [5, 5.41) is 3.44. The largest absolute Gasteiger partial charge is 0.352 e. The van der Waals surface area contributed by atoms with E-state index >= 15 is 0 Å². The molecule has 1 heterocycles. The number of carbonyl (C=O) groups is 1. The Hall–Kier alpha value is -0.540. The summed E-state index contributed by atoms with van der Waals surface area (Å²) in [7, 11) is 0. The van der Waals surface area contributed by atoms with Gasteiger partial charge in [-0.3, -0.25) is 4.79 Å². The fourth-order valence-electron chi connectivity index (χ4n) is 1.46. The van der Waals surface area contributed by atoms with Gasteiger partial charge < -0.3 is 5.32 Å². The number of carbonyl (C=O) groups excluding carboxylic acids is 1. The number of benzene rings is 1. The lowest BCUT2D eigenvalue weighted by molar-refractivity contribution is 0.0946. The van der Waals surface area contributed by atoms with Gasteiger partial charge in [-0.05, 0) is 24.1 Å². The molecule has 1 N–H and O–H groups in total. The molecular weight excluding hydrogens is 253 g/mol. The number of hydrogen-bond acceptors (Lipinski definition) is 1. The molecule has 68 valence electrons. The first-order valence-corrected chi connectivity index (χ1v) is 5.11. The summed E-state index contributed by atoms with van der Waals surface area (Å²) in [5.74, 6) is -0.0375. The van der Waals surface area contributed by atoms with Gasteiger partial charge in [-0.15, -0.1) is 0 Å². The summed E-state index contributed by atoms with van der Waals surface area (Å²) in [6, 6.07) is 3.62. The molecule has 1 aromatic carbocycles. The van der Waals surface area contributed by atoms with E-state index in [-0.39, 0.29) is 5.91 Å². The second-order valence-electron chi connectivity index (χ2n) is 2.92. The number of hydrogen-bond donors (Lipinski definition) is 1. The van der Waals surface area contributed by atoms with Gasteiger partial charge in [0.25, 0.3) is 5.91 Å². The van der Waals surface area contributed by atoms with Crippen molar-refractivity contribution in [2.75, 3.05) is 6.54 Å². The van der Waals surface area contributed by atoms with E-state index in [1.807, 2.05) is 6.07 Å². The maximum atomic E-state index is 11.4. The maximum absolute atomic E-state index is 11.4. The van der Waals surface area contributed by atoms with E-state index in [1.165, 1.54) is 0 Å². The molecule has 1 aliphatic heterocycles. The minimum absolute atomic E-state index is 0.0375. The highest BCUT2D eigenvalue weighted by Gasteiger charge is 2.19. The third-order valence-electron chi connectivity index (χ3n) is 2.07. The molecule has 1 aliphatic rings. The predicted molar refractivity (Wildman–Crippen MR) is 55.2 cm³/mol. The van der Waals surface area contributed by atoms with Gasteiger partial charge in [0.2, 0.25) is 0 Å². The quantitative estimate of drug-likeness (QED) is 0.762. The van der Waals surface area contributed by atoms with Crippen molar-refractivity contribution in [2.45, 2.75) is 6.42 Å². The highest BCUT2D eigenvalue weighted by atomic mass is 79.9. The lowest BCUT2D eigenvalue weighted by Crippen LogP contribution is -2.31. The van der Waals surface area contributed by atoms with Crippen molar-refractivity contribution in [3.05, 3.63) is 32.8 Å². The van der Waals surface area contributed by atoms with Crippen molar-refractivity contribution >= 4 is 33.4 Å². The summed E-state index contributed by atoms with van der Waals surface area (Å²) in [6.45, 7) is 0.674. The van der Waals surface area contributed by atoms with Crippen LogP contribution in [0.1, 0.15) is 15.9 Å². The fraction of sp³-hybridized carbons (Fsp3) is 0.222. The molecule has 0 aliphatic carbocycles. The van der Waals surface area contributed by atoms with Crippen LogP contribution in [0.15, 0.2) is 16.6 Å². The minimum atomic E-state index is -0.0375. The molecule has 0 bridgehead atoms. The molecule has 0 spiro atoms. The van der Waals surface area contributed by atoms with E-state index in [2.05, 4.69) is 21.2 Å². The van der Waals surface area contributed by atoms with Crippen LogP contribution in [0.25, 0.3) is 0 Å². The summed E-state index contributed by atoms with van der Waals surface area (Å²) in [6.07, 6.45) is 0.813. The standard InChI is InChI=1S/C9H7BrClNO/c10-5-3-7-6(8(11)4-5)1-2-12-9(7)13/h3-4H,1-2H2,(H,12,13). The maximum Gasteiger partial charge on any atom is 0.251 e. The highest BCUT2D eigenvalue weighted by molar-refractivity contribution is 9.10. The number of amides is 1. The Balaban J connectivity index is 2.63. The zero-order chi connectivity index (χ0) is 9.42. The van der Waals surface area contributed by atoms with E-state index in [4.69, 9.17) is 11.6 Å². The average molecular weight is 261 g/mol. The van der Waals surface area contributed by atoms with Crippen LogP contribution in [-0.2, 0) is 6.42 Å². The highest BCUT2D eigenvalue weighted by Crippen LogP contribution is 2.27. The van der Waals surface area contributed by atoms with Crippen molar-refractivity contribution in [3.63, 3.8) is 0 Å². The lowest BCUT2D eigenvalue weighted by atomic mass is 10.0. The zero-order valence-electron chi connectivity index (χ0n) is 6.73. The van der Waals surface area contributed by atoms with E-state index in [0.29, 0.717) is 17.1 Å². The smallest absolute Gasteiger partial charge is 0.251 e. The third kappa shape index (κ3) is 1.58. The van der Waals surface area contributed by atoms with Gasteiger partial charge in [0.15, 0.2) is 0 Å². The Morgan fingerprint density at radius 3 is 3.00 bits per heavy atom. The molecule has 0 saturated heterocycles. The molecular formula is C9H7BrClNO. The van der Waals surface area contributed by atoms with Gasteiger partial charge in [-0.2, -0.15) is 0 Å². The van der Waals surface area contributed by atoms with E-state index in [1.54, 1.807) is 6.07 Å². The normalized spacial score (nSPS) is 15.1. The Bertz CT molecular complexity index is 378. The van der Waals surface area contributed by atoms with Crippen LogP contribution in [0.2, 0.25) is 5.02 Å². The molecule has 0 atom stereocenters. The van der Waals surface area contributed by atoms with Gasteiger partial charge in [-0.1, -0.05) is 27.5 Å². The Morgan fingerprint density at radius 1 is 1.46 bits per heavy atom. The third-order valence-corrected chi connectivity index (χ3v) is 2.86. The first kappa shape index (κ1) is 9.03. The van der Waals surface area contributed by atoms with E-state index in [9.17, 15) is 4.79 Å². The molecule has 13 heavy (non-hydrogen) atoms. The van der Waals surface area contributed by atoms with Crippen LogP contribution in [0.5, 0.6) is 0 Å². The van der Waals surface area contributed by atoms with Gasteiger partial charge in [-0.25, -0.2) is 0 Å². The summed E-state index contributed by atoms with van der Waals surface area (Å²) in [5.41, 5.74) is 1.64. The van der Waals surface area contributed by atoms with Crippen molar-refractivity contribution in [3.8, 4) is 0 Å². The number of halogens is 2. The molecule has 2 rings (SSSR count). The van der Waals surface area contributed by atoms with Crippen molar-refractivity contribution in [2.24, 2.45) is 0 Å². The van der Waals surface area contributed by atoms with Crippen LogP contribution in [0.4, 0.5) is 0 Å². The van der Waals surface area contributed by atoms with Gasteiger partial charge >= 0.3 is 0 Å². The van der Waals surface area contributed by atoms with Crippen molar-refractivity contribution < 1.29 is 4.79 Å². The molecule has 0 saturated carbocycles. The van der Waals surface area contributed by atoms with Gasteiger partial charge in [0.05, 0.1) is 0 Å². The zero-order valence-corrected chi connectivity index (χ0v) is 9.08. The van der Waals surface area contributed by atoms with Crippen molar-refractivity contribution in [1.82, 2.24) is 5.32 Å². The Kier molecular flexibility index (Phi) is 2.30. The number of fused-ring (bicyclic) bond motifs is 1. The fourth-order valence-corrected chi connectivity index (χ4v) is 2.36. The van der Waals surface area contributed by atoms with Crippen LogP contribution in [0, 0.1) is 0 Å². The number of rotatable bonds is 0. The van der Waals surface area contributed by atoms with Crippen molar-refractivity contribution in [1.29, 1.82) is 0 Å². The topological polar surface area (TPSA) is 29.1 Å². The average Bonchev–Trinajstić information content (AvgIpc) is 2.07. The first-order chi connectivity index (χ1) is 6.18. The minimum Gasteiger partial charge on any atom is -0.352 e.